The number of para-hydroxylation sites is 1. The van der Waals surface area contributed by atoms with Crippen molar-refractivity contribution in [2.45, 2.75) is 26.8 Å². The first-order valence-corrected chi connectivity index (χ1v) is 10.6. The maximum absolute atomic E-state index is 12.5. The van der Waals surface area contributed by atoms with Gasteiger partial charge in [0.15, 0.2) is 0 Å². The standard InChI is InChI=1S/C24H24N6O3/c1-17-23(30(32)33)18(2)28(27-17)15-19-8-10-21(11-9-19)24(31)25-13-12-20-14-26-29(16-20)22-6-4-3-5-7-22/h3-11,14,16H,12-13,15H2,1-2H3,(H,25,31). The smallest absolute Gasteiger partial charge is 0.312 e. The largest absolute Gasteiger partial charge is 0.352 e. The predicted octanol–water partition coefficient (Wildman–Crippen LogP) is 3.61. The zero-order chi connectivity index (χ0) is 23.4. The third kappa shape index (κ3) is 4.98. The van der Waals surface area contributed by atoms with Crippen LogP contribution in [0.4, 0.5) is 5.69 Å². The van der Waals surface area contributed by atoms with E-state index in [0.717, 1.165) is 16.8 Å². The molecule has 4 aromatic rings. The molecule has 2 heterocycles. The normalized spacial score (nSPS) is 10.8. The van der Waals surface area contributed by atoms with Gasteiger partial charge in [0.1, 0.15) is 11.4 Å². The van der Waals surface area contributed by atoms with E-state index in [1.807, 2.05) is 53.3 Å². The Balaban J connectivity index is 1.31. The van der Waals surface area contributed by atoms with Gasteiger partial charge in [-0.2, -0.15) is 10.2 Å². The predicted molar refractivity (Wildman–Crippen MR) is 124 cm³/mol. The first kappa shape index (κ1) is 21.9. The Morgan fingerprint density at radius 2 is 1.79 bits per heavy atom. The van der Waals surface area contributed by atoms with Crippen LogP contribution in [-0.4, -0.2) is 36.9 Å². The molecule has 0 saturated carbocycles. The molecule has 4 rings (SSSR count). The second-order valence-corrected chi connectivity index (χ2v) is 7.77. The van der Waals surface area contributed by atoms with Crippen LogP contribution in [0.15, 0.2) is 67.0 Å². The minimum absolute atomic E-state index is 0.0420. The maximum Gasteiger partial charge on any atom is 0.312 e. The molecule has 0 aliphatic carbocycles. The summed E-state index contributed by atoms with van der Waals surface area (Å²) in [4.78, 5) is 23.2. The van der Waals surface area contributed by atoms with Crippen molar-refractivity contribution >= 4 is 11.6 Å². The van der Waals surface area contributed by atoms with Crippen molar-refractivity contribution in [2.24, 2.45) is 0 Å². The van der Waals surface area contributed by atoms with Crippen LogP contribution < -0.4 is 5.32 Å². The molecule has 0 atom stereocenters. The fourth-order valence-electron chi connectivity index (χ4n) is 3.67. The quantitative estimate of drug-likeness (QED) is 0.330. The molecule has 0 unspecified atom stereocenters. The number of benzene rings is 2. The molecule has 9 heteroatoms. The molecule has 0 bridgehead atoms. The molecule has 0 spiro atoms. The van der Waals surface area contributed by atoms with Gasteiger partial charge < -0.3 is 5.32 Å². The summed E-state index contributed by atoms with van der Waals surface area (Å²) in [7, 11) is 0. The van der Waals surface area contributed by atoms with Gasteiger partial charge in [-0.05, 0) is 55.7 Å². The van der Waals surface area contributed by atoms with Gasteiger partial charge in [0.05, 0.1) is 23.4 Å². The first-order valence-electron chi connectivity index (χ1n) is 10.6. The Labute approximate surface area is 190 Å². The van der Waals surface area contributed by atoms with Gasteiger partial charge in [-0.15, -0.1) is 0 Å². The monoisotopic (exact) mass is 444 g/mol. The lowest BCUT2D eigenvalue weighted by Crippen LogP contribution is -2.25. The summed E-state index contributed by atoms with van der Waals surface area (Å²) in [6.07, 6.45) is 4.43. The summed E-state index contributed by atoms with van der Waals surface area (Å²) in [6.45, 7) is 4.20. The van der Waals surface area contributed by atoms with E-state index < -0.39 is 4.92 Å². The number of amides is 1. The van der Waals surface area contributed by atoms with Crippen LogP contribution in [-0.2, 0) is 13.0 Å². The molecule has 1 N–H and O–H groups in total. The zero-order valence-electron chi connectivity index (χ0n) is 18.4. The average molecular weight is 444 g/mol. The van der Waals surface area contributed by atoms with E-state index in [4.69, 9.17) is 0 Å². The number of carbonyl (C=O) groups excluding carboxylic acids is 1. The molecular weight excluding hydrogens is 420 g/mol. The van der Waals surface area contributed by atoms with Crippen LogP contribution in [0.2, 0.25) is 0 Å². The van der Waals surface area contributed by atoms with E-state index in [2.05, 4.69) is 15.5 Å². The van der Waals surface area contributed by atoms with E-state index in [0.29, 0.717) is 36.5 Å². The second-order valence-electron chi connectivity index (χ2n) is 7.77. The van der Waals surface area contributed by atoms with E-state index in [1.54, 1.807) is 36.9 Å². The van der Waals surface area contributed by atoms with Gasteiger partial charge in [-0.1, -0.05) is 30.3 Å². The van der Waals surface area contributed by atoms with Crippen LogP contribution in [0.3, 0.4) is 0 Å². The number of hydrogen-bond donors (Lipinski definition) is 1. The van der Waals surface area contributed by atoms with Crippen molar-refractivity contribution in [3.05, 3.63) is 105 Å². The zero-order valence-corrected chi connectivity index (χ0v) is 18.4. The summed E-state index contributed by atoms with van der Waals surface area (Å²) in [5.41, 5.74) is 4.42. The minimum Gasteiger partial charge on any atom is -0.352 e. The third-order valence-electron chi connectivity index (χ3n) is 5.43. The summed E-state index contributed by atoms with van der Waals surface area (Å²) >= 11 is 0. The van der Waals surface area contributed by atoms with Gasteiger partial charge >= 0.3 is 5.69 Å². The molecule has 0 aliphatic rings. The number of nitro groups is 1. The number of aromatic nitrogens is 4. The molecule has 1 amide bonds. The van der Waals surface area contributed by atoms with Crippen molar-refractivity contribution < 1.29 is 9.72 Å². The molecule has 2 aromatic carbocycles. The number of nitrogens with one attached hydrogen (secondary N) is 1. The van der Waals surface area contributed by atoms with Crippen molar-refractivity contribution in [3.8, 4) is 5.69 Å². The van der Waals surface area contributed by atoms with Gasteiger partial charge in [-0.25, -0.2) is 4.68 Å². The highest BCUT2D eigenvalue weighted by Crippen LogP contribution is 2.22. The van der Waals surface area contributed by atoms with E-state index >= 15 is 0 Å². The molecule has 168 valence electrons. The van der Waals surface area contributed by atoms with Crippen LogP contribution in [0.25, 0.3) is 5.69 Å². The average Bonchev–Trinajstić information content (AvgIpc) is 3.39. The fourth-order valence-corrected chi connectivity index (χ4v) is 3.67. The second kappa shape index (κ2) is 9.47. The van der Waals surface area contributed by atoms with Crippen molar-refractivity contribution in [1.29, 1.82) is 0 Å². The van der Waals surface area contributed by atoms with Crippen LogP contribution in [0, 0.1) is 24.0 Å². The first-order chi connectivity index (χ1) is 15.9. The summed E-state index contributed by atoms with van der Waals surface area (Å²) in [5.74, 6) is -0.154. The lowest BCUT2D eigenvalue weighted by atomic mass is 10.1. The molecule has 2 aromatic heterocycles. The lowest BCUT2D eigenvalue weighted by molar-refractivity contribution is -0.386. The topological polar surface area (TPSA) is 108 Å². The number of aryl methyl sites for hydroxylation is 1. The SMILES string of the molecule is Cc1nn(Cc2ccc(C(=O)NCCc3cnn(-c4ccccc4)c3)cc2)c(C)c1[N+](=O)[O-]. The van der Waals surface area contributed by atoms with Gasteiger partial charge in [0.2, 0.25) is 0 Å². The Hall–Kier alpha value is -4.27. The maximum atomic E-state index is 12.5. The van der Waals surface area contributed by atoms with E-state index in [1.165, 1.54) is 0 Å². The Bertz CT molecular complexity index is 1280. The molecule has 0 radical (unpaired) electrons. The summed E-state index contributed by atoms with van der Waals surface area (Å²) < 4.78 is 3.42. The highest BCUT2D eigenvalue weighted by molar-refractivity contribution is 5.94. The minimum atomic E-state index is -0.408. The fraction of sp³-hybridized carbons (Fsp3) is 0.208. The summed E-state index contributed by atoms with van der Waals surface area (Å²) in [6, 6.07) is 17.0. The lowest BCUT2D eigenvalue weighted by Gasteiger charge is -2.07. The highest BCUT2D eigenvalue weighted by atomic mass is 16.6. The van der Waals surface area contributed by atoms with Crippen molar-refractivity contribution in [2.75, 3.05) is 6.54 Å². The van der Waals surface area contributed by atoms with Gasteiger partial charge in [0.25, 0.3) is 5.91 Å². The molecule has 0 fully saturated rings. The van der Waals surface area contributed by atoms with Gasteiger partial charge in [0, 0.05) is 18.3 Å². The molecule has 0 saturated heterocycles. The Morgan fingerprint density at radius 3 is 2.45 bits per heavy atom. The van der Waals surface area contributed by atoms with Crippen LogP contribution in [0.5, 0.6) is 0 Å². The summed E-state index contributed by atoms with van der Waals surface area (Å²) in [5, 5.41) is 22.7. The van der Waals surface area contributed by atoms with E-state index in [9.17, 15) is 14.9 Å². The highest BCUT2D eigenvalue weighted by Gasteiger charge is 2.21. The molecule has 33 heavy (non-hydrogen) atoms. The van der Waals surface area contributed by atoms with Crippen molar-refractivity contribution in [1.82, 2.24) is 24.9 Å². The Morgan fingerprint density at radius 1 is 1.06 bits per heavy atom. The Kier molecular flexibility index (Phi) is 6.30. The van der Waals surface area contributed by atoms with Crippen LogP contribution >= 0.6 is 0 Å². The molecule has 0 aliphatic heterocycles. The number of hydrogen-bond acceptors (Lipinski definition) is 5. The van der Waals surface area contributed by atoms with Gasteiger partial charge in [-0.3, -0.25) is 19.6 Å². The van der Waals surface area contributed by atoms with Crippen LogP contribution in [0.1, 0.15) is 32.9 Å². The number of nitrogens with zero attached hydrogens (tertiary/aromatic N) is 5. The molecule has 9 nitrogen and oxygen atoms in total. The van der Waals surface area contributed by atoms with E-state index in [-0.39, 0.29) is 11.6 Å². The van der Waals surface area contributed by atoms with Crippen molar-refractivity contribution in [3.63, 3.8) is 0 Å². The third-order valence-corrected chi connectivity index (χ3v) is 5.43. The molecular formula is C24H24N6O3. The number of rotatable bonds is 8. The number of carbonyl (C=O) groups is 1.